The van der Waals surface area contributed by atoms with Gasteiger partial charge in [0, 0.05) is 44.2 Å². The molecule has 2 heterocycles. The van der Waals surface area contributed by atoms with E-state index in [9.17, 15) is 9.59 Å². The van der Waals surface area contributed by atoms with E-state index in [1.165, 1.54) is 23.0 Å². The predicted octanol–water partition coefficient (Wildman–Crippen LogP) is 1.81. The maximum absolute atomic E-state index is 12.3. The van der Waals surface area contributed by atoms with Crippen LogP contribution in [0.15, 0.2) is 24.3 Å². The highest BCUT2D eigenvalue weighted by molar-refractivity contribution is 8.13. The molecule has 0 saturated carbocycles. The first-order valence-corrected chi connectivity index (χ1v) is 8.64. The van der Waals surface area contributed by atoms with Crippen LogP contribution in [0.2, 0.25) is 0 Å². The Morgan fingerprint density at radius 3 is 2.50 bits per heavy atom. The summed E-state index contributed by atoms with van der Waals surface area (Å²) in [5.41, 5.74) is 2.52. The fourth-order valence-electron chi connectivity index (χ4n) is 2.95. The molecule has 0 atom stereocenters. The predicted molar refractivity (Wildman–Crippen MR) is 89.4 cm³/mol. The van der Waals surface area contributed by atoms with Gasteiger partial charge in [0.25, 0.3) is 5.24 Å². The van der Waals surface area contributed by atoms with Gasteiger partial charge in [-0.3, -0.25) is 9.59 Å². The Kier molecular flexibility index (Phi) is 4.57. The van der Waals surface area contributed by atoms with Gasteiger partial charge in [0.1, 0.15) is 6.54 Å². The largest absolute Gasteiger partial charge is 0.368 e. The van der Waals surface area contributed by atoms with Gasteiger partial charge in [0.15, 0.2) is 0 Å². The van der Waals surface area contributed by atoms with E-state index in [0.717, 1.165) is 31.9 Å². The zero-order chi connectivity index (χ0) is 15.5. The second-order valence-electron chi connectivity index (χ2n) is 5.69. The Bertz CT molecular complexity index is 570. The van der Waals surface area contributed by atoms with Crippen molar-refractivity contribution >= 4 is 28.6 Å². The molecule has 2 amide bonds. The standard InChI is InChI=1S/C16H21N3O2S/c1-13-4-2-3-5-14(13)17-6-8-18(9-7-17)15(20)12-19-10-11-22-16(19)21/h2-5H,6-12H2,1H3. The lowest BCUT2D eigenvalue weighted by Gasteiger charge is -2.37. The van der Waals surface area contributed by atoms with Crippen molar-refractivity contribution in [3.05, 3.63) is 29.8 Å². The zero-order valence-corrected chi connectivity index (χ0v) is 13.6. The van der Waals surface area contributed by atoms with Crippen LogP contribution in [-0.4, -0.2) is 66.0 Å². The fourth-order valence-corrected chi connectivity index (χ4v) is 3.77. The zero-order valence-electron chi connectivity index (χ0n) is 12.8. The number of aryl methyl sites for hydroxylation is 1. The summed E-state index contributed by atoms with van der Waals surface area (Å²) in [6, 6.07) is 8.34. The van der Waals surface area contributed by atoms with Gasteiger partial charge in [-0.1, -0.05) is 30.0 Å². The summed E-state index contributed by atoms with van der Waals surface area (Å²) in [4.78, 5) is 29.8. The molecule has 0 unspecified atom stereocenters. The lowest BCUT2D eigenvalue weighted by Crippen LogP contribution is -2.51. The van der Waals surface area contributed by atoms with Crippen LogP contribution in [0.1, 0.15) is 5.56 Å². The molecule has 0 N–H and O–H groups in total. The van der Waals surface area contributed by atoms with Crippen LogP contribution >= 0.6 is 11.8 Å². The van der Waals surface area contributed by atoms with E-state index in [0.29, 0.717) is 6.54 Å². The van der Waals surface area contributed by atoms with Crippen molar-refractivity contribution in [1.82, 2.24) is 9.80 Å². The molecule has 118 valence electrons. The van der Waals surface area contributed by atoms with Crippen molar-refractivity contribution in [2.45, 2.75) is 6.92 Å². The monoisotopic (exact) mass is 319 g/mol. The molecule has 3 rings (SSSR count). The number of hydrogen-bond acceptors (Lipinski definition) is 4. The molecular formula is C16H21N3O2S. The molecule has 22 heavy (non-hydrogen) atoms. The Labute approximate surface area is 135 Å². The number of nitrogens with zero attached hydrogens (tertiary/aromatic N) is 3. The van der Waals surface area contributed by atoms with Gasteiger partial charge < -0.3 is 14.7 Å². The average Bonchev–Trinajstić information content (AvgIpc) is 2.93. The van der Waals surface area contributed by atoms with E-state index in [-0.39, 0.29) is 17.7 Å². The van der Waals surface area contributed by atoms with Crippen LogP contribution in [0.4, 0.5) is 10.5 Å². The van der Waals surface area contributed by atoms with E-state index in [1.54, 1.807) is 4.90 Å². The number of thioether (sulfide) groups is 1. The highest BCUT2D eigenvalue weighted by atomic mass is 32.2. The first kappa shape index (κ1) is 15.2. The molecule has 0 aromatic heterocycles. The number of amides is 2. The average molecular weight is 319 g/mol. The minimum atomic E-state index is 0.0342. The summed E-state index contributed by atoms with van der Waals surface area (Å²) in [6.07, 6.45) is 0. The molecule has 2 fully saturated rings. The number of para-hydroxylation sites is 1. The molecule has 5 nitrogen and oxygen atoms in total. The van der Waals surface area contributed by atoms with Crippen LogP contribution in [0.5, 0.6) is 0 Å². The topological polar surface area (TPSA) is 43.9 Å². The molecule has 0 aliphatic carbocycles. The minimum absolute atomic E-state index is 0.0342. The highest BCUT2D eigenvalue weighted by Gasteiger charge is 2.27. The van der Waals surface area contributed by atoms with E-state index in [4.69, 9.17) is 0 Å². The van der Waals surface area contributed by atoms with Gasteiger partial charge in [-0.25, -0.2) is 0 Å². The first-order valence-electron chi connectivity index (χ1n) is 7.65. The highest BCUT2D eigenvalue weighted by Crippen LogP contribution is 2.21. The Hall–Kier alpha value is -1.69. The van der Waals surface area contributed by atoms with Gasteiger partial charge in [-0.05, 0) is 18.6 Å². The second-order valence-corrected chi connectivity index (χ2v) is 6.74. The quantitative estimate of drug-likeness (QED) is 0.852. The van der Waals surface area contributed by atoms with Crippen LogP contribution < -0.4 is 4.90 Å². The molecule has 0 radical (unpaired) electrons. The molecular weight excluding hydrogens is 298 g/mol. The van der Waals surface area contributed by atoms with Gasteiger partial charge >= 0.3 is 0 Å². The van der Waals surface area contributed by atoms with Gasteiger partial charge in [-0.2, -0.15) is 0 Å². The molecule has 2 saturated heterocycles. The third kappa shape index (κ3) is 3.21. The van der Waals surface area contributed by atoms with E-state index >= 15 is 0 Å². The molecule has 1 aromatic rings. The molecule has 1 aromatic carbocycles. The minimum Gasteiger partial charge on any atom is -0.368 e. The number of carbonyl (C=O) groups is 2. The van der Waals surface area contributed by atoms with E-state index < -0.39 is 0 Å². The van der Waals surface area contributed by atoms with Crippen LogP contribution in [0.3, 0.4) is 0 Å². The molecule has 0 spiro atoms. The van der Waals surface area contributed by atoms with E-state index in [1.807, 2.05) is 11.0 Å². The lowest BCUT2D eigenvalue weighted by atomic mass is 10.1. The van der Waals surface area contributed by atoms with Crippen LogP contribution in [0.25, 0.3) is 0 Å². The summed E-state index contributed by atoms with van der Waals surface area (Å²) in [5.74, 6) is 0.868. The smallest absolute Gasteiger partial charge is 0.282 e. The number of hydrogen-bond donors (Lipinski definition) is 0. The third-order valence-corrected chi connectivity index (χ3v) is 5.15. The van der Waals surface area contributed by atoms with Gasteiger partial charge in [0.2, 0.25) is 5.91 Å². The Balaban J connectivity index is 1.54. The summed E-state index contributed by atoms with van der Waals surface area (Å²) in [7, 11) is 0. The number of rotatable bonds is 3. The molecule has 6 heteroatoms. The lowest BCUT2D eigenvalue weighted by molar-refractivity contribution is -0.131. The van der Waals surface area contributed by atoms with Crippen molar-refractivity contribution in [2.24, 2.45) is 0 Å². The third-order valence-electron chi connectivity index (χ3n) is 4.26. The van der Waals surface area contributed by atoms with Crippen molar-refractivity contribution in [3.63, 3.8) is 0 Å². The van der Waals surface area contributed by atoms with Gasteiger partial charge in [0.05, 0.1) is 0 Å². The van der Waals surface area contributed by atoms with Crippen molar-refractivity contribution in [1.29, 1.82) is 0 Å². The number of benzene rings is 1. The number of piperazine rings is 1. The first-order chi connectivity index (χ1) is 10.6. The molecule has 2 aliphatic rings. The maximum atomic E-state index is 12.3. The summed E-state index contributed by atoms with van der Waals surface area (Å²) in [6.45, 7) is 6.18. The Morgan fingerprint density at radius 1 is 1.14 bits per heavy atom. The fraction of sp³-hybridized carbons (Fsp3) is 0.500. The van der Waals surface area contributed by atoms with Crippen LogP contribution in [-0.2, 0) is 4.79 Å². The SMILES string of the molecule is Cc1ccccc1N1CCN(C(=O)CN2CCSC2=O)CC1. The second kappa shape index (κ2) is 6.60. The number of anilines is 1. The Morgan fingerprint density at radius 2 is 1.86 bits per heavy atom. The molecule has 2 aliphatic heterocycles. The van der Waals surface area contributed by atoms with Crippen LogP contribution in [0, 0.1) is 6.92 Å². The van der Waals surface area contributed by atoms with Crippen molar-refractivity contribution in [2.75, 3.05) is 49.9 Å². The number of carbonyl (C=O) groups excluding carboxylic acids is 2. The van der Waals surface area contributed by atoms with E-state index in [2.05, 4.69) is 30.0 Å². The van der Waals surface area contributed by atoms with Crippen molar-refractivity contribution in [3.8, 4) is 0 Å². The summed E-state index contributed by atoms with van der Waals surface area (Å²) >= 11 is 1.30. The normalized spacial score (nSPS) is 19.0. The summed E-state index contributed by atoms with van der Waals surface area (Å²) < 4.78 is 0. The maximum Gasteiger partial charge on any atom is 0.282 e. The molecule has 0 bridgehead atoms. The van der Waals surface area contributed by atoms with Gasteiger partial charge in [-0.15, -0.1) is 0 Å². The summed E-state index contributed by atoms with van der Waals surface area (Å²) in [5, 5.41) is 0.0342. The van der Waals surface area contributed by atoms with Crippen molar-refractivity contribution < 1.29 is 9.59 Å².